The van der Waals surface area contributed by atoms with Crippen molar-refractivity contribution in [3.05, 3.63) is 34.8 Å². The van der Waals surface area contributed by atoms with E-state index in [0.717, 1.165) is 0 Å². The predicted molar refractivity (Wildman–Crippen MR) is 108 cm³/mol. The second kappa shape index (κ2) is 8.09. The topological polar surface area (TPSA) is 132 Å². The van der Waals surface area contributed by atoms with Crippen LogP contribution in [0.1, 0.15) is 26.0 Å². The lowest BCUT2D eigenvalue weighted by atomic mass is 9.79. The zero-order chi connectivity index (χ0) is 21.6. The highest BCUT2D eigenvalue weighted by atomic mass is 32.2. The first-order valence-electron chi connectivity index (χ1n) is 9.98. The number of carbonyl (C=O) groups excluding carboxylic acids is 2. The molecule has 30 heavy (non-hydrogen) atoms. The molecule has 2 amide bonds. The van der Waals surface area contributed by atoms with Gasteiger partial charge in [0.2, 0.25) is 11.8 Å². The van der Waals surface area contributed by atoms with E-state index in [1.54, 1.807) is 25.3 Å². The minimum absolute atomic E-state index is 0.00923. The van der Waals surface area contributed by atoms with Crippen LogP contribution in [-0.4, -0.2) is 62.9 Å². The summed E-state index contributed by atoms with van der Waals surface area (Å²) in [5.74, 6) is -1.68. The first kappa shape index (κ1) is 21.0. The number of thioether (sulfide) groups is 1. The van der Waals surface area contributed by atoms with Crippen LogP contribution in [0.5, 0.6) is 0 Å². The lowest BCUT2D eigenvalue weighted by Crippen LogP contribution is -2.63. The van der Waals surface area contributed by atoms with Gasteiger partial charge in [-0.15, -0.1) is 11.8 Å². The summed E-state index contributed by atoms with van der Waals surface area (Å²) in [6.45, 7) is 4.33. The quantitative estimate of drug-likeness (QED) is 0.456. The van der Waals surface area contributed by atoms with Crippen molar-refractivity contribution < 1.29 is 29.0 Å². The Morgan fingerprint density at radius 2 is 2.23 bits per heavy atom. The number of aliphatic carboxylic acids is 1. The molecule has 0 spiro atoms. The molecule has 4 N–H and O–H groups in total. The van der Waals surface area contributed by atoms with E-state index >= 15 is 0 Å². The molecule has 0 saturated carbocycles. The summed E-state index contributed by atoms with van der Waals surface area (Å²) < 4.78 is 5.21. The predicted octanol–water partition coefficient (Wildman–Crippen LogP) is 0.513. The second-order valence-corrected chi connectivity index (χ2v) is 9.35. The van der Waals surface area contributed by atoms with E-state index in [0.29, 0.717) is 30.2 Å². The van der Waals surface area contributed by atoms with Gasteiger partial charge in [-0.3, -0.25) is 9.59 Å². The lowest BCUT2D eigenvalue weighted by molar-refractivity contribution is -0.163. The Labute approximate surface area is 177 Å². The van der Waals surface area contributed by atoms with Crippen LogP contribution in [-0.2, 0) is 20.9 Å². The van der Waals surface area contributed by atoms with Gasteiger partial charge in [-0.05, 0) is 25.5 Å². The van der Waals surface area contributed by atoms with Gasteiger partial charge in [0.25, 0.3) is 0 Å². The van der Waals surface area contributed by atoms with Crippen LogP contribution in [0.15, 0.2) is 33.4 Å². The van der Waals surface area contributed by atoms with E-state index in [1.165, 1.54) is 16.7 Å². The SMILES string of the molecule is C[C@@H](O)[C@H]1C(=O)N2C(C(=O)O)=C(S[C@@H]3CN[C@H](C(=O)NCc4ccco4)C3)[C@H](C)[C@H]12. The number of nitrogens with zero attached hydrogens (tertiary/aromatic N) is 1. The third kappa shape index (κ3) is 3.52. The van der Waals surface area contributed by atoms with Crippen molar-refractivity contribution in [3.8, 4) is 0 Å². The average Bonchev–Trinajstić information content (AvgIpc) is 3.40. The zero-order valence-corrected chi connectivity index (χ0v) is 17.5. The maximum atomic E-state index is 12.4. The maximum absolute atomic E-state index is 12.4. The molecule has 0 aromatic carbocycles. The first-order valence-corrected chi connectivity index (χ1v) is 10.9. The maximum Gasteiger partial charge on any atom is 0.353 e. The largest absolute Gasteiger partial charge is 0.477 e. The van der Waals surface area contributed by atoms with Crippen LogP contribution in [0, 0.1) is 11.8 Å². The van der Waals surface area contributed by atoms with Crippen molar-refractivity contribution in [2.45, 2.75) is 50.3 Å². The molecule has 1 aromatic rings. The molecule has 162 valence electrons. The zero-order valence-electron chi connectivity index (χ0n) is 16.7. The summed E-state index contributed by atoms with van der Waals surface area (Å²) in [5, 5.41) is 25.7. The highest BCUT2D eigenvalue weighted by Gasteiger charge is 2.60. The van der Waals surface area contributed by atoms with Crippen molar-refractivity contribution in [3.63, 3.8) is 0 Å². The number of nitrogens with one attached hydrogen (secondary N) is 2. The Hall–Kier alpha value is -2.30. The highest BCUT2D eigenvalue weighted by Crippen LogP contribution is 2.51. The van der Waals surface area contributed by atoms with Gasteiger partial charge in [-0.25, -0.2) is 4.79 Å². The molecular weight excluding hydrogens is 410 g/mol. The number of amides is 2. The van der Waals surface area contributed by atoms with Crippen LogP contribution in [0.4, 0.5) is 0 Å². The van der Waals surface area contributed by atoms with Gasteiger partial charge in [-0.2, -0.15) is 0 Å². The van der Waals surface area contributed by atoms with E-state index in [4.69, 9.17) is 4.42 Å². The molecule has 3 aliphatic rings. The van der Waals surface area contributed by atoms with Gasteiger partial charge in [0, 0.05) is 22.6 Å². The molecule has 6 atom stereocenters. The number of fused-ring (bicyclic) bond motifs is 1. The van der Waals surface area contributed by atoms with E-state index < -0.39 is 18.0 Å². The van der Waals surface area contributed by atoms with Gasteiger partial charge in [0.1, 0.15) is 11.5 Å². The number of aliphatic hydroxyl groups is 1. The Kier molecular flexibility index (Phi) is 5.65. The summed E-state index contributed by atoms with van der Waals surface area (Å²) in [7, 11) is 0. The smallest absolute Gasteiger partial charge is 0.353 e. The lowest BCUT2D eigenvalue weighted by Gasteiger charge is -2.46. The van der Waals surface area contributed by atoms with Gasteiger partial charge < -0.3 is 30.2 Å². The number of carboxylic acids is 1. The molecule has 10 heteroatoms. The molecule has 2 fully saturated rings. The Balaban J connectivity index is 1.41. The van der Waals surface area contributed by atoms with Crippen LogP contribution < -0.4 is 10.6 Å². The summed E-state index contributed by atoms with van der Waals surface area (Å²) >= 11 is 1.42. The molecule has 1 aromatic heterocycles. The molecule has 0 unspecified atom stereocenters. The average molecular weight is 436 g/mol. The summed E-state index contributed by atoms with van der Waals surface area (Å²) in [4.78, 5) is 38.7. The molecule has 4 heterocycles. The van der Waals surface area contributed by atoms with Gasteiger partial charge in [0.05, 0.1) is 36.9 Å². The highest BCUT2D eigenvalue weighted by molar-refractivity contribution is 8.03. The summed E-state index contributed by atoms with van der Waals surface area (Å²) in [6.07, 6.45) is 1.28. The molecular formula is C20H25N3O6S. The van der Waals surface area contributed by atoms with Crippen molar-refractivity contribution in [1.82, 2.24) is 15.5 Å². The number of carbonyl (C=O) groups is 3. The van der Waals surface area contributed by atoms with Gasteiger partial charge >= 0.3 is 5.97 Å². The third-order valence-corrected chi connectivity index (χ3v) is 7.54. The molecule has 3 aliphatic heterocycles. The van der Waals surface area contributed by atoms with E-state index in [1.807, 2.05) is 6.92 Å². The number of β-lactam (4-membered cyclic amide) rings is 1. The van der Waals surface area contributed by atoms with Crippen molar-refractivity contribution in [1.29, 1.82) is 0 Å². The molecule has 2 saturated heterocycles. The molecule has 9 nitrogen and oxygen atoms in total. The van der Waals surface area contributed by atoms with Gasteiger partial charge in [-0.1, -0.05) is 6.92 Å². The first-order chi connectivity index (χ1) is 14.3. The second-order valence-electron chi connectivity index (χ2n) is 8.01. The van der Waals surface area contributed by atoms with Crippen LogP contribution >= 0.6 is 11.8 Å². The Morgan fingerprint density at radius 3 is 2.87 bits per heavy atom. The summed E-state index contributed by atoms with van der Waals surface area (Å²) in [6, 6.07) is 2.85. The molecule has 0 bridgehead atoms. The normalized spacial score (nSPS) is 31.5. The van der Waals surface area contributed by atoms with Crippen LogP contribution in [0.2, 0.25) is 0 Å². The minimum Gasteiger partial charge on any atom is -0.477 e. The monoisotopic (exact) mass is 435 g/mol. The molecule has 4 rings (SSSR count). The van der Waals surface area contributed by atoms with E-state index in [2.05, 4.69) is 10.6 Å². The van der Waals surface area contributed by atoms with Crippen molar-refractivity contribution in [2.24, 2.45) is 11.8 Å². The molecule has 0 radical (unpaired) electrons. The Morgan fingerprint density at radius 1 is 1.47 bits per heavy atom. The summed E-state index contributed by atoms with van der Waals surface area (Å²) in [5.41, 5.74) is 0.0186. The number of rotatable bonds is 7. The fourth-order valence-electron chi connectivity index (χ4n) is 4.56. The number of hydrogen-bond donors (Lipinski definition) is 4. The third-order valence-electron chi connectivity index (χ3n) is 6.03. The van der Waals surface area contributed by atoms with E-state index in [-0.39, 0.29) is 40.8 Å². The fourth-order valence-corrected chi connectivity index (χ4v) is 6.04. The minimum atomic E-state index is -1.14. The van der Waals surface area contributed by atoms with E-state index in [9.17, 15) is 24.6 Å². The standard InChI is InChI=1S/C20H25N3O6S/c1-9-15-14(10(2)24)19(26)23(15)16(20(27)28)17(9)30-12-6-13(21-8-12)18(25)22-7-11-4-3-5-29-11/h3-5,9-10,12-15,21,24H,6-8H2,1-2H3,(H,22,25)(H,27,28)/t9-,10-,12+,13+,14-,15-/m1/s1. The van der Waals surface area contributed by atoms with Crippen molar-refractivity contribution in [2.75, 3.05) is 6.54 Å². The van der Waals surface area contributed by atoms with Crippen LogP contribution in [0.25, 0.3) is 0 Å². The van der Waals surface area contributed by atoms with Gasteiger partial charge in [0.15, 0.2) is 0 Å². The van der Waals surface area contributed by atoms with Crippen LogP contribution in [0.3, 0.4) is 0 Å². The number of carboxylic acid groups (broad SMARTS) is 1. The fraction of sp³-hybridized carbons (Fsp3) is 0.550. The number of hydrogen-bond acceptors (Lipinski definition) is 7. The number of aliphatic hydroxyl groups excluding tert-OH is 1. The number of furan rings is 1. The molecule has 0 aliphatic carbocycles. The van der Waals surface area contributed by atoms with Crippen molar-refractivity contribution >= 4 is 29.5 Å². The Bertz CT molecular complexity index is 883.